The molecule has 0 aliphatic rings. The van der Waals surface area contributed by atoms with Crippen LogP contribution >= 0.6 is 0 Å². The zero-order valence-electron chi connectivity index (χ0n) is 12.0. The second-order valence-electron chi connectivity index (χ2n) is 5.56. The van der Waals surface area contributed by atoms with E-state index in [4.69, 9.17) is 4.42 Å². The number of furan rings is 1. The summed E-state index contributed by atoms with van der Waals surface area (Å²) in [7, 11) is 0. The van der Waals surface area contributed by atoms with Crippen LogP contribution in [0.15, 0.2) is 22.6 Å². The van der Waals surface area contributed by atoms with Crippen molar-refractivity contribution in [2.75, 3.05) is 0 Å². The molecule has 1 heterocycles. The van der Waals surface area contributed by atoms with Gasteiger partial charge < -0.3 is 9.73 Å². The number of fused-ring (bicyclic) bond motifs is 1. The van der Waals surface area contributed by atoms with Crippen molar-refractivity contribution in [3.8, 4) is 0 Å². The van der Waals surface area contributed by atoms with Gasteiger partial charge in [0.1, 0.15) is 11.3 Å². The molecule has 98 valence electrons. The second-order valence-corrected chi connectivity index (χ2v) is 5.56. The summed E-state index contributed by atoms with van der Waals surface area (Å²) in [6.45, 7) is 11.7. The van der Waals surface area contributed by atoms with E-state index in [2.05, 4.69) is 58.1 Å². The highest BCUT2D eigenvalue weighted by Crippen LogP contribution is 2.31. The summed E-state index contributed by atoms with van der Waals surface area (Å²) >= 11 is 0. The highest BCUT2D eigenvalue weighted by Gasteiger charge is 2.14. The maximum atomic E-state index is 6.08. The van der Waals surface area contributed by atoms with Gasteiger partial charge in [0.25, 0.3) is 0 Å². The molecule has 1 N–H and O–H groups in total. The highest BCUT2D eigenvalue weighted by atomic mass is 16.3. The quantitative estimate of drug-likeness (QED) is 0.865. The lowest BCUT2D eigenvalue weighted by Gasteiger charge is -2.06. The van der Waals surface area contributed by atoms with Gasteiger partial charge in [0.15, 0.2) is 0 Å². The van der Waals surface area contributed by atoms with Crippen molar-refractivity contribution in [3.63, 3.8) is 0 Å². The number of aryl methyl sites for hydroxylation is 1. The van der Waals surface area contributed by atoms with Crippen LogP contribution in [-0.2, 0) is 6.54 Å². The molecule has 0 spiro atoms. The zero-order valence-corrected chi connectivity index (χ0v) is 12.0. The lowest BCUT2D eigenvalue weighted by Crippen LogP contribution is -2.21. The van der Waals surface area contributed by atoms with Gasteiger partial charge in [-0.25, -0.2) is 0 Å². The maximum absolute atomic E-state index is 6.08. The van der Waals surface area contributed by atoms with E-state index >= 15 is 0 Å². The van der Waals surface area contributed by atoms with Crippen molar-refractivity contribution < 1.29 is 4.42 Å². The van der Waals surface area contributed by atoms with Crippen molar-refractivity contribution in [1.29, 1.82) is 0 Å². The third kappa shape index (κ3) is 2.44. The molecule has 2 rings (SSSR count). The number of benzene rings is 1. The molecular weight excluding hydrogens is 222 g/mol. The van der Waals surface area contributed by atoms with Crippen LogP contribution in [0.1, 0.15) is 50.5 Å². The van der Waals surface area contributed by atoms with Gasteiger partial charge in [-0.15, -0.1) is 0 Å². The molecule has 0 bridgehead atoms. The molecule has 2 aromatic rings. The topological polar surface area (TPSA) is 25.2 Å². The summed E-state index contributed by atoms with van der Waals surface area (Å²) < 4.78 is 6.08. The van der Waals surface area contributed by atoms with Gasteiger partial charge in [0.05, 0.1) is 6.54 Å². The van der Waals surface area contributed by atoms with Crippen LogP contribution in [0.2, 0.25) is 0 Å². The fourth-order valence-electron chi connectivity index (χ4n) is 2.23. The molecule has 0 atom stereocenters. The van der Waals surface area contributed by atoms with E-state index < -0.39 is 0 Å². The standard InChI is InChI=1S/C16H23NO/c1-10(2)13-7-6-8-14-12(5)15(18-16(13)14)9-17-11(3)4/h6-8,10-11,17H,9H2,1-5H3. The van der Waals surface area contributed by atoms with Crippen LogP contribution in [0.25, 0.3) is 11.0 Å². The van der Waals surface area contributed by atoms with Gasteiger partial charge in [-0.1, -0.05) is 45.9 Å². The van der Waals surface area contributed by atoms with Crippen LogP contribution in [0.4, 0.5) is 0 Å². The van der Waals surface area contributed by atoms with E-state index in [-0.39, 0.29) is 0 Å². The van der Waals surface area contributed by atoms with Crippen molar-refractivity contribution in [2.45, 2.75) is 53.1 Å². The second kappa shape index (κ2) is 5.15. The first-order valence-electron chi connectivity index (χ1n) is 6.75. The molecule has 0 amide bonds. The van der Waals surface area contributed by atoms with Crippen molar-refractivity contribution in [3.05, 3.63) is 35.1 Å². The first kappa shape index (κ1) is 13.2. The largest absolute Gasteiger partial charge is 0.459 e. The molecule has 0 aliphatic heterocycles. The third-order valence-electron chi connectivity index (χ3n) is 3.39. The Labute approximate surface area is 109 Å². The van der Waals surface area contributed by atoms with Gasteiger partial charge in [0.2, 0.25) is 0 Å². The Bertz CT molecular complexity index is 537. The molecule has 0 saturated heterocycles. The lowest BCUT2D eigenvalue weighted by molar-refractivity contribution is 0.483. The predicted molar refractivity (Wildman–Crippen MR) is 77.0 cm³/mol. The van der Waals surface area contributed by atoms with E-state index in [1.165, 1.54) is 16.5 Å². The summed E-state index contributed by atoms with van der Waals surface area (Å²) in [5.74, 6) is 1.55. The van der Waals surface area contributed by atoms with E-state index in [1.807, 2.05) is 0 Å². The average Bonchev–Trinajstić information content (AvgIpc) is 2.63. The molecule has 18 heavy (non-hydrogen) atoms. The molecule has 2 heteroatoms. The minimum absolute atomic E-state index is 0.474. The first-order chi connectivity index (χ1) is 8.50. The van der Waals surface area contributed by atoms with Crippen LogP contribution in [0.5, 0.6) is 0 Å². The predicted octanol–water partition coefficient (Wildman–Crippen LogP) is 4.36. The summed E-state index contributed by atoms with van der Waals surface area (Å²) in [6, 6.07) is 6.91. The maximum Gasteiger partial charge on any atom is 0.138 e. The Balaban J connectivity index is 2.45. The molecule has 1 aromatic carbocycles. The van der Waals surface area contributed by atoms with Crippen LogP contribution < -0.4 is 5.32 Å². The molecule has 0 fully saturated rings. The summed E-state index contributed by atoms with van der Waals surface area (Å²) in [5.41, 5.74) is 3.62. The Morgan fingerprint density at radius 1 is 1.17 bits per heavy atom. The van der Waals surface area contributed by atoms with Crippen molar-refractivity contribution in [2.24, 2.45) is 0 Å². The number of hydrogen-bond donors (Lipinski definition) is 1. The lowest BCUT2D eigenvalue weighted by atomic mass is 10.00. The van der Waals surface area contributed by atoms with E-state index in [1.54, 1.807) is 0 Å². The van der Waals surface area contributed by atoms with Crippen LogP contribution in [0.3, 0.4) is 0 Å². The Hall–Kier alpha value is -1.28. The highest BCUT2D eigenvalue weighted by molar-refractivity contribution is 5.85. The van der Waals surface area contributed by atoms with Gasteiger partial charge >= 0.3 is 0 Å². The number of hydrogen-bond acceptors (Lipinski definition) is 2. The van der Waals surface area contributed by atoms with Crippen molar-refractivity contribution in [1.82, 2.24) is 5.32 Å². The Morgan fingerprint density at radius 3 is 2.50 bits per heavy atom. The van der Waals surface area contributed by atoms with Crippen LogP contribution in [-0.4, -0.2) is 6.04 Å². The molecule has 2 nitrogen and oxygen atoms in total. The molecular formula is C16H23NO. The summed E-state index contributed by atoms with van der Waals surface area (Å²) in [4.78, 5) is 0. The minimum Gasteiger partial charge on any atom is -0.459 e. The van der Waals surface area contributed by atoms with E-state index in [0.29, 0.717) is 12.0 Å². The van der Waals surface area contributed by atoms with Gasteiger partial charge in [0, 0.05) is 11.4 Å². The van der Waals surface area contributed by atoms with E-state index in [9.17, 15) is 0 Å². The average molecular weight is 245 g/mol. The Morgan fingerprint density at radius 2 is 1.89 bits per heavy atom. The zero-order chi connectivity index (χ0) is 13.3. The minimum atomic E-state index is 0.474. The molecule has 0 radical (unpaired) electrons. The van der Waals surface area contributed by atoms with Crippen LogP contribution in [0, 0.1) is 6.92 Å². The molecule has 0 saturated carbocycles. The number of rotatable bonds is 4. The molecule has 1 aromatic heterocycles. The third-order valence-corrected chi connectivity index (χ3v) is 3.39. The Kier molecular flexibility index (Phi) is 3.76. The van der Waals surface area contributed by atoms with Gasteiger partial charge in [-0.2, -0.15) is 0 Å². The first-order valence-corrected chi connectivity index (χ1v) is 6.75. The molecule has 0 unspecified atom stereocenters. The SMILES string of the molecule is Cc1c(CNC(C)C)oc2c(C(C)C)cccc12. The monoisotopic (exact) mass is 245 g/mol. The summed E-state index contributed by atoms with van der Waals surface area (Å²) in [5, 5.41) is 4.67. The summed E-state index contributed by atoms with van der Waals surface area (Å²) in [6.07, 6.45) is 0. The number of nitrogens with one attached hydrogen (secondary N) is 1. The van der Waals surface area contributed by atoms with Gasteiger partial charge in [-0.05, 0) is 24.0 Å². The normalized spacial score (nSPS) is 11.9. The fourth-order valence-corrected chi connectivity index (χ4v) is 2.23. The van der Waals surface area contributed by atoms with E-state index in [0.717, 1.165) is 17.9 Å². The smallest absolute Gasteiger partial charge is 0.138 e. The fraction of sp³-hybridized carbons (Fsp3) is 0.500. The van der Waals surface area contributed by atoms with Gasteiger partial charge in [-0.3, -0.25) is 0 Å². The molecule has 0 aliphatic carbocycles. The van der Waals surface area contributed by atoms with Crippen molar-refractivity contribution >= 4 is 11.0 Å². The number of para-hydroxylation sites is 1.